The van der Waals surface area contributed by atoms with E-state index >= 15 is 0 Å². The van der Waals surface area contributed by atoms with Crippen LogP contribution >= 0.6 is 22.6 Å². The summed E-state index contributed by atoms with van der Waals surface area (Å²) >= 11 is 2.16. The SMILES string of the molecule is COC(=O)c1ccc2occ(I)c2c1. The molecule has 0 saturated carbocycles. The van der Waals surface area contributed by atoms with Crippen LogP contribution in [-0.4, -0.2) is 13.1 Å². The summed E-state index contributed by atoms with van der Waals surface area (Å²) in [5.74, 6) is -0.330. The predicted octanol–water partition coefficient (Wildman–Crippen LogP) is 2.82. The van der Waals surface area contributed by atoms with Crippen molar-refractivity contribution < 1.29 is 13.9 Å². The first-order valence-electron chi connectivity index (χ1n) is 3.97. The van der Waals surface area contributed by atoms with E-state index in [9.17, 15) is 4.79 Å². The number of carbonyl (C=O) groups is 1. The van der Waals surface area contributed by atoms with Gasteiger partial charge in [-0.25, -0.2) is 4.79 Å². The summed E-state index contributed by atoms with van der Waals surface area (Å²) in [4.78, 5) is 11.2. The highest BCUT2D eigenvalue weighted by Gasteiger charge is 2.09. The highest BCUT2D eigenvalue weighted by atomic mass is 127. The number of carbonyl (C=O) groups excluding carboxylic acids is 1. The van der Waals surface area contributed by atoms with Gasteiger partial charge in [-0.3, -0.25) is 0 Å². The van der Waals surface area contributed by atoms with E-state index in [2.05, 4.69) is 27.3 Å². The molecule has 0 bridgehead atoms. The Hall–Kier alpha value is -1.04. The molecule has 3 nitrogen and oxygen atoms in total. The maximum atomic E-state index is 11.2. The second kappa shape index (κ2) is 3.61. The van der Waals surface area contributed by atoms with E-state index in [4.69, 9.17) is 4.42 Å². The molecule has 0 unspecified atom stereocenters. The largest absolute Gasteiger partial charge is 0.465 e. The second-order valence-electron chi connectivity index (χ2n) is 2.79. The molecule has 72 valence electrons. The molecular formula is C10H7IO3. The third kappa shape index (κ3) is 1.50. The standard InChI is InChI=1S/C10H7IO3/c1-13-10(12)6-2-3-9-7(4-6)8(11)5-14-9/h2-5H,1H3. The van der Waals surface area contributed by atoms with E-state index in [1.54, 1.807) is 24.5 Å². The summed E-state index contributed by atoms with van der Waals surface area (Å²) < 4.78 is 10.9. The Bertz CT molecular complexity index is 487. The molecule has 14 heavy (non-hydrogen) atoms. The van der Waals surface area contributed by atoms with Gasteiger partial charge in [0, 0.05) is 5.39 Å². The van der Waals surface area contributed by atoms with Gasteiger partial charge >= 0.3 is 5.97 Å². The Kier molecular flexibility index (Phi) is 2.45. The zero-order chi connectivity index (χ0) is 10.1. The predicted molar refractivity (Wildman–Crippen MR) is 60.3 cm³/mol. The van der Waals surface area contributed by atoms with Crippen molar-refractivity contribution in [2.24, 2.45) is 0 Å². The number of rotatable bonds is 1. The summed E-state index contributed by atoms with van der Waals surface area (Å²) in [5.41, 5.74) is 1.32. The summed E-state index contributed by atoms with van der Waals surface area (Å²) in [6, 6.07) is 5.23. The average Bonchev–Trinajstić information content (AvgIpc) is 2.59. The van der Waals surface area contributed by atoms with Crippen LogP contribution in [0.25, 0.3) is 11.0 Å². The Balaban J connectivity index is 2.60. The molecule has 0 N–H and O–H groups in total. The number of fused-ring (bicyclic) bond motifs is 1. The van der Waals surface area contributed by atoms with E-state index in [1.165, 1.54) is 7.11 Å². The first kappa shape index (κ1) is 9.51. The smallest absolute Gasteiger partial charge is 0.337 e. The minimum Gasteiger partial charge on any atom is -0.465 e. The number of hydrogen-bond acceptors (Lipinski definition) is 3. The fourth-order valence-electron chi connectivity index (χ4n) is 1.24. The second-order valence-corrected chi connectivity index (χ2v) is 3.95. The molecule has 0 aliphatic carbocycles. The van der Waals surface area contributed by atoms with Crippen molar-refractivity contribution in [2.45, 2.75) is 0 Å². The minimum atomic E-state index is -0.330. The van der Waals surface area contributed by atoms with Gasteiger partial charge in [-0.2, -0.15) is 0 Å². The zero-order valence-corrected chi connectivity index (χ0v) is 9.57. The summed E-state index contributed by atoms with van der Waals surface area (Å²) in [6.45, 7) is 0. The van der Waals surface area contributed by atoms with Crippen LogP contribution in [-0.2, 0) is 4.74 Å². The van der Waals surface area contributed by atoms with Crippen molar-refractivity contribution in [3.63, 3.8) is 0 Å². The molecule has 2 aromatic rings. The Labute approximate surface area is 94.2 Å². The maximum absolute atomic E-state index is 11.2. The molecule has 4 heteroatoms. The molecule has 0 aliphatic rings. The Morgan fingerprint density at radius 1 is 1.50 bits per heavy atom. The van der Waals surface area contributed by atoms with E-state index in [-0.39, 0.29) is 5.97 Å². The van der Waals surface area contributed by atoms with Gasteiger partial charge in [0.05, 0.1) is 16.2 Å². The van der Waals surface area contributed by atoms with Crippen molar-refractivity contribution in [1.29, 1.82) is 0 Å². The van der Waals surface area contributed by atoms with Crippen LogP contribution in [0.1, 0.15) is 10.4 Å². The fourth-order valence-corrected chi connectivity index (χ4v) is 1.79. The van der Waals surface area contributed by atoms with Gasteiger partial charge in [-0.05, 0) is 40.8 Å². The third-order valence-electron chi connectivity index (χ3n) is 1.95. The number of ether oxygens (including phenoxy) is 1. The Morgan fingerprint density at radius 3 is 3.00 bits per heavy atom. The van der Waals surface area contributed by atoms with Crippen molar-refractivity contribution >= 4 is 39.5 Å². The van der Waals surface area contributed by atoms with Crippen molar-refractivity contribution in [3.8, 4) is 0 Å². The molecule has 0 amide bonds. The van der Waals surface area contributed by atoms with Gasteiger partial charge in [0.25, 0.3) is 0 Å². The number of esters is 1. The van der Waals surface area contributed by atoms with Crippen molar-refractivity contribution in [1.82, 2.24) is 0 Å². The lowest BCUT2D eigenvalue weighted by atomic mass is 10.2. The Morgan fingerprint density at radius 2 is 2.29 bits per heavy atom. The summed E-state index contributed by atoms with van der Waals surface area (Å²) in [6.07, 6.45) is 1.66. The third-order valence-corrected chi connectivity index (χ3v) is 2.78. The first-order valence-corrected chi connectivity index (χ1v) is 5.05. The van der Waals surface area contributed by atoms with Crippen LogP contribution in [0.4, 0.5) is 0 Å². The van der Waals surface area contributed by atoms with Crippen LogP contribution < -0.4 is 0 Å². The van der Waals surface area contributed by atoms with Gasteiger partial charge in [0.15, 0.2) is 0 Å². The number of furan rings is 1. The molecule has 0 spiro atoms. The topological polar surface area (TPSA) is 39.4 Å². The van der Waals surface area contributed by atoms with Crippen LogP contribution in [0.15, 0.2) is 28.9 Å². The molecule has 1 heterocycles. The molecule has 1 aromatic carbocycles. The lowest BCUT2D eigenvalue weighted by Crippen LogP contribution is -2.00. The monoisotopic (exact) mass is 302 g/mol. The van der Waals surface area contributed by atoms with E-state index < -0.39 is 0 Å². The molecule has 0 radical (unpaired) electrons. The minimum absolute atomic E-state index is 0.330. The molecule has 0 aliphatic heterocycles. The van der Waals surface area contributed by atoms with Gasteiger partial charge < -0.3 is 9.15 Å². The highest BCUT2D eigenvalue weighted by molar-refractivity contribution is 14.1. The molecule has 0 fully saturated rings. The summed E-state index contributed by atoms with van der Waals surface area (Å²) in [7, 11) is 1.37. The molecule has 0 atom stereocenters. The van der Waals surface area contributed by atoms with Crippen LogP contribution in [0, 0.1) is 3.57 Å². The van der Waals surface area contributed by atoms with Crippen molar-refractivity contribution in [2.75, 3.05) is 7.11 Å². The van der Waals surface area contributed by atoms with Crippen molar-refractivity contribution in [3.05, 3.63) is 33.6 Å². The lowest BCUT2D eigenvalue weighted by Gasteiger charge is -1.98. The average molecular weight is 302 g/mol. The van der Waals surface area contributed by atoms with Gasteiger partial charge in [-0.15, -0.1) is 0 Å². The van der Waals surface area contributed by atoms with Gasteiger partial charge in [0.2, 0.25) is 0 Å². The first-order chi connectivity index (χ1) is 6.72. The highest BCUT2D eigenvalue weighted by Crippen LogP contribution is 2.23. The maximum Gasteiger partial charge on any atom is 0.337 e. The zero-order valence-electron chi connectivity index (χ0n) is 7.41. The fraction of sp³-hybridized carbons (Fsp3) is 0.100. The van der Waals surface area contributed by atoms with E-state index in [0.717, 1.165) is 14.5 Å². The van der Waals surface area contributed by atoms with Crippen LogP contribution in [0.5, 0.6) is 0 Å². The van der Waals surface area contributed by atoms with E-state index in [0.29, 0.717) is 5.56 Å². The quantitative estimate of drug-likeness (QED) is 0.600. The molecule has 2 rings (SSSR count). The van der Waals surface area contributed by atoms with E-state index in [1.807, 2.05) is 0 Å². The normalized spacial score (nSPS) is 10.4. The summed E-state index contributed by atoms with van der Waals surface area (Å²) in [5, 5.41) is 0.938. The molecular weight excluding hydrogens is 295 g/mol. The number of benzene rings is 1. The van der Waals surface area contributed by atoms with Gasteiger partial charge in [-0.1, -0.05) is 0 Å². The number of methoxy groups -OCH3 is 1. The number of hydrogen-bond donors (Lipinski definition) is 0. The molecule has 1 aromatic heterocycles. The van der Waals surface area contributed by atoms with Gasteiger partial charge in [0.1, 0.15) is 11.8 Å². The van der Waals surface area contributed by atoms with Crippen LogP contribution in [0.3, 0.4) is 0 Å². The number of halogens is 1. The molecule has 0 saturated heterocycles. The lowest BCUT2D eigenvalue weighted by molar-refractivity contribution is 0.0601. The van der Waals surface area contributed by atoms with Crippen LogP contribution in [0.2, 0.25) is 0 Å².